The van der Waals surface area contributed by atoms with Crippen LogP contribution in [0, 0.1) is 0 Å². The Labute approximate surface area is 133 Å². The van der Waals surface area contributed by atoms with Crippen LogP contribution in [0.5, 0.6) is 11.5 Å². The molecule has 114 valence electrons. The third-order valence-electron chi connectivity index (χ3n) is 3.33. The first kappa shape index (κ1) is 15.9. The summed E-state index contributed by atoms with van der Waals surface area (Å²) in [6.45, 7) is 2.91. The smallest absolute Gasteiger partial charge is 0.161 e. The molecule has 1 unspecified atom stereocenters. The van der Waals surface area contributed by atoms with Gasteiger partial charge >= 0.3 is 0 Å². The van der Waals surface area contributed by atoms with Gasteiger partial charge in [0, 0.05) is 6.54 Å². The van der Waals surface area contributed by atoms with Crippen LogP contribution in [0.4, 0.5) is 0 Å². The summed E-state index contributed by atoms with van der Waals surface area (Å²) in [5, 5.41) is 4.35. The summed E-state index contributed by atoms with van der Waals surface area (Å²) in [4.78, 5) is 0. The van der Waals surface area contributed by atoms with E-state index in [1.165, 1.54) is 0 Å². The maximum absolute atomic E-state index is 6.43. The van der Waals surface area contributed by atoms with Crippen molar-refractivity contribution in [2.24, 2.45) is 5.73 Å². The van der Waals surface area contributed by atoms with Crippen molar-refractivity contribution in [3.8, 4) is 11.5 Å². The zero-order valence-electron chi connectivity index (χ0n) is 12.5. The summed E-state index contributed by atoms with van der Waals surface area (Å²) in [7, 11) is 3.27. The Hall–Kier alpha value is -1.53. The number of halogens is 1. The topological polar surface area (TPSA) is 62.3 Å². The van der Waals surface area contributed by atoms with Crippen molar-refractivity contribution in [3.05, 3.63) is 40.1 Å². The van der Waals surface area contributed by atoms with E-state index in [-0.39, 0.29) is 6.04 Å². The van der Waals surface area contributed by atoms with E-state index in [0.717, 1.165) is 34.4 Å². The molecule has 1 aromatic heterocycles. The van der Waals surface area contributed by atoms with Crippen molar-refractivity contribution in [2.45, 2.75) is 25.9 Å². The largest absolute Gasteiger partial charge is 0.496 e. The maximum atomic E-state index is 6.43. The van der Waals surface area contributed by atoms with Gasteiger partial charge in [-0.2, -0.15) is 5.10 Å². The second kappa shape index (κ2) is 6.95. The van der Waals surface area contributed by atoms with E-state index in [1.807, 2.05) is 22.9 Å². The van der Waals surface area contributed by atoms with Gasteiger partial charge in [0.15, 0.2) is 5.75 Å². The molecule has 0 aliphatic rings. The van der Waals surface area contributed by atoms with E-state index < -0.39 is 0 Å². The lowest BCUT2D eigenvalue weighted by molar-refractivity contribution is 0.403. The van der Waals surface area contributed by atoms with E-state index in [2.05, 4.69) is 28.0 Å². The Morgan fingerprint density at radius 2 is 2.00 bits per heavy atom. The van der Waals surface area contributed by atoms with Crippen LogP contribution in [0.1, 0.15) is 30.6 Å². The fourth-order valence-electron chi connectivity index (χ4n) is 2.27. The fraction of sp³-hybridized carbons (Fsp3) is 0.400. The lowest BCUT2D eigenvalue weighted by Gasteiger charge is -2.17. The number of aromatic nitrogens is 2. The summed E-state index contributed by atoms with van der Waals surface area (Å²) in [5.74, 6) is 1.49. The minimum atomic E-state index is -0.309. The normalized spacial score (nSPS) is 12.2. The van der Waals surface area contributed by atoms with Gasteiger partial charge < -0.3 is 15.2 Å². The van der Waals surface area contributed by atoms with Crippen LogP contribution in [0.3, 0.4) is 0 Å². The van der Waals surface area contributed by atoms with Gasteiger partial charge in [0.2, 0.25) is 0 Å². The highest BCUT2D eigenvalue weighted by molar-refractivity contribution is 9.10. The molecule has 0 bridgehead atoms. The molecule has 2 aromatic rings. The van der Waals surface area contributed by atoms with Gasteiger partial charge in [-0.25, -0.2) is 0 Å². The Bertz CT molecular complexity index is 613. The molecular formula is C15H20BrN3O2. The van der Waals surface area contributed by atoms with Crippen LogP contribution in [0.2, 0.25) is 0 Å². The highest BCUT2D eigenvalue weighted by atomic mass is 79.9. The standard InChI is InChI=1S/C15H20BrN3O2/c1-4-7-19-15(13(21-3)9-18-19)14(17)10-5-6-12(20-2)11(16)8-10/h5-6,8-9,14H,4,7,17H2,1-3H3. The number of ether oxygens (including phenoxy) is 2. The third-order valence-corrected chi connectivity index (χ3v) is 3.95. The van der Waals surface area contributed by atoms with Gasteiger partial charge in [0.05, 0.1) is 30.9 Å². The number of methoxy groups -OCH3 is 2. The lowest BCUT2D eigenvalue weighted by atomic mass is 10.0. The van der Waals surface area contributed by atoms with E-state index >= 15 is 0 Å². The van der Waals surface area contributed by atoms with Crippen LogP contribution < -0.4 is 15.2 Å². The molecular weight excluding hydrogens is 334 g/mol. The van der Waals surface area contributed by atoms with Gasteiger partial charge in [-0.05, 0) is 40.0 Å². The molecule has 2 N–H and O–H groups in total. The monoisotopic (exact) mass is 353 g/mol. The molecule has 6 heteroatoms. The average molecular weight is 354 g/mol. The predicted octanol–water partition coefficient (Wildman–Crippen LogP) is 3.12. The maximum Gasteiger partial charge on any atom is 0.161 e. The average Bonchev–Trinajstić information content (AvgIpc) is 2.89. The SMILES string of the molecule is CCCn1ncc(OC)c1C(N)c1ccc(OC)c(Br)c1. The van der Waals surface area contributed by atoms with Gasteiger partial charge in [-0.15, -0.1) is 0 Å². The van der Waals surface area contributed by atoms with Crippen LogP contribution >= 0.6 is 15.9 Å². The first-order valence-electron chi connectivity index (χ1n) is 6.81. The second-order valence-electron chi connectivity index (χ2n) is 4.69. The second-order valence-corrected chi connectivity index (χ2v) is 5.55. The lowest BCUT2D eigenvalue weighted by Crippen LogP contribution is -2.18. The highest BCUT2D eigenvalue weighted by Gasteiger charge is 2.20. The van der Waals surface area contributed by atoms with E-state index in [9.17, 15) is 0 Å². The molecule has 0 saturated heterocycles. The number of hydrogen-bond donors (Lipinski definition) is 1. The summed E-state index contributed by atoms with van der Waals surface area (Å²) >= 11 is 3.49. The Morgan fingerprint density at radius 1 is 1.29 bits per heavy atom. The number of aryl methyl sites for hydroxylation is 1. The molecule has 0 radical (unpaired) electrons. The summed E-state index contributed by atoms with van der Waals surface area (Å²) in [6.07, 6.45) is 2.69. The molecule has 21 heavy (non-hydrogen) atoms. The summed E-state index contributed by atoms with van der Waals surface area (Å²) < 4.78 is 13.4. The van der Waals surface area contributed by atoms with Crippen LogP contribution in [-0.4, -0.2) is 24.0 Å². The minimum Gasteiger partial charge on any atom is -0.496 e. The molecule has 0 aliphatic carbocycles. The summed E-state index contributed by atoms with van der Waals surface area (Å²) in [6, 6.07) is 5.51. The Balaban J connectivity index is 2.41. The molecule has 0 amide bonds. The van der Waals surface area contributed by atoms with Crippen LogP contribution in [-0.2, 0) is 6.54 Å². The van der Waals surface area contributed by atoms with Crippen molar-refractivity contribution in [1.29, 1.82) is 0 Å². The number of hydrogen-bond acceptors (Lipinski definition) is 4. The molecule has 1 heterocycles. The first-order chi connectivity index (χ1) is 10.1. The number of nitrogens with zero attached hydrogens (tertiary/aromatic N) is 2. The number of nitrogens with two attached hydrogens (primary N) is 1. The van der Waals surface area contributed by atoms with Crippen molar-refractivity contribution in [2.75, 3.05) is 14.2 Å². The molecule has 1 atom stereocenters. The van der Waals surface area contributed by atoms with Crippen molar-refractivity contribution >= 4 is 15.9 Å². The molecule has 0 spiro atoms. The molecule has 5 nitrogen and oxygen atoms in total. The first-order valence-corrected chi connectivity index (χ1v) is 7.60. The number of rotatable bonds is 6. The van der Waals surface area contributed by atoms with Crippen LogP contribution in [0.15, 0.2) is 28.9 Å². The molecule has 0 fully saturated rings. The van der Waals surface area contributed by atoms with E-state index in [4.69, 9.17) is 15.2 Å². The zero-order valence-corrected chi connectivity index (χ0v) is 14.1. The zero-order chi connectivity index (χ0) is 15.4. The predicted molar refractivity (Wildman–Crippen MR) is 85.8 cm³/mol. The Kier molecular flexibility index (Phi) is 5.25. The molecule has 0 aliphatic heterocycles. The summed E-state index contributed by atoms with van der Waals surface area (Å²) in [5.41, 5.74) is 8.28. The fourth-order valence-corrected chi connectivity index (χ4v) is 2.83. The van der Waals surface area contributed by atoms with Gasteiger partial charge in [-0.1, -0.05) is 13.0 Å². The van der Waals surface area contributed by atoms with Gasteiger partial charge in [-0.3, -0.25) is 4.68 Å². The quantitative estimate of drug-likeness (QED) is 0.866. The Morgan fingerprint density at radius 3 is 2.57 bits per heavy atom. The molecule has 0 saturated carbocycles. The van der Waals surface area contributed by atoms with Gasteiger partial charge in [0.25, 0.3) is 0 Å². The van der Waals surface area contributed by atoms with Gasteiger partial charge in [0.1, 0.15) is 11.4 Å². The number of benzene rings is 1. The van der Waals surface area contributed by atoms with E-state index in [0.29, 0.717) is 5.75 Å². The molecule has 1 aromatic carbocycles. The highest BCUT2D eigenvalue weighted by Crippen LogP contribution is 2.32. The van der Waals surface area contributed by atoms with Crippen molar-refractivity contribution in [1.82, 2.24) is 9.78 Å². The van der Waals surface area contributed by atoms with Crippen molar-refractivity contribution < 1.29 is 9.47 Å². The van der Waals surface area contributed by atoms with E-state index in [1.54, 1.807) is 20.4 Å². The molecule has 2 rings (SSSR count). The minimum absolute atomic E-state index is 0.309. The van der Waals surface area contributed by atoms with Crippen molar-refractivity contribution in [3.63, 3.8) is 0 Å². The third kappa shape index (κ3) is 3.22. The van der Waals surface area contributed by atoms with Crippen LogP contribution in [0.25, 0.3) is 0 Å².